The maximum absolute atomic E-state index is 12.6. The van der Waals surface area contributed by atoms with Crippen molar-refractivity contribution in [2.45, 2.75) is 5.03 Å². The Morgan fingerprint density at radius 3 is 2.62 bits per heavy atom. The van der Waals surface area contributed by atoms with Crippen molar-refractivity contribution >= 4 is 55.5 Å². The number of nitrogens with one attached hydrogen (secondary N) is 1. The number of fused-ring (bicyclic) bond motifs is 1. The molecule has 21 heavy (non-hydrogen) atoms. The number of anilines is 1. The van der Waals surface area contributed by atoms with Crippen molar-refractivity contribution in [3.63, 3.8) is 0 Å². The molecule has 3 rings (SSSR count). The lowest BCUT2D eigenvalue weighted by atomic mass is 10.3. The molecule has 0 saturated heterocycles. The molecule has 2 heterocycles. The smallest absolute Gasteiger partial charge is 0.281 e. The lowest BCUT2D eigenvalue weighted by Crippen LogP contribution is -2.16. The zero-order valence-corrected chi connectivity index (χ0v) is 14.2. The van der Waals surface area contributed by atoms with Gasteiger partial charge in [0.2, 0.25) is 0 Å². The second-order valence-corrected chi connectivity index (χ2v) is 7.34. The maximum Gasteiger partial charge on any atom is 0.281 e. The van der Waals surface area contributed by atoms with E-state index in [0.717, 1.165) is 3.57 Å². The molecule has 1 N–H and O–H groups in total. The Balaban J connectivity index is 2.13. The van der Waals surface area contributed by atoms with Gasteiger partial charge in [-0.25, -0.2) is 4.98 Å². The van der Waals surface area contributed by atoms with Gasteiger partial charge in [0.05, 0.1) is 5.69 Å². The summed E-state index contributed by atoms with van der Waals surface area (Å²) in [5, 5.41) is -0.126. The Bertz CT molecular complexity index is 924. The number of sulfonamides is 1. The van der Waals surface area contributed by atoms with E-state index in [1.165, 1.54) is 4.40 Å². The van der Waals surface area contributed by atoms with Gasteiger partial charge in [0.1, 0.15) is 5.65 Å². The highest BCUT2D eigenvalue weighted by Crippen LogP contribution is 2.26. The lowest BCUT2D eigenvalue weighted by Gasteiger charge is -2.09. The molecule has 8 heteroatoms. The fourth-order valence-electron chi connectivity index (χ4n) is 1.92. The molecule has 0 fully saturated rings. The third kappa shape index (κ3) is 2.72. The molecule has 0 radical (unpaired) electrons. The third-order valence-corrected chi connectivity index (χ3v) is 5.52. The van der Waals surface area contributed by atoms with Crippen molar-refractivity contribution < 1.29 is 8.42 Å². The van der Waals surface area contributed by atoms with Gasteiger partial charge in [-0.05, 0) is 46.9 Å². The van der Waals surface area contributed by atoms with E-state index in [-0.39, 0.29) is 10.2 Å². The number of aromatic nitrogens is 2. The van der Waals surface area contributed by atoms with Crippen LogP contribution in [0.1, 0.15) is 0 Å². The molecule has 0 aliphatic rings. The van der Waals surface area contributed by atoms with Gasteiger partial charge in [-0.3, -0.25) is 9.12 Å². The van der Waals surface area contributed by atoms with Crippen molar-refractivity contribution in [3.8, 4) is 0 Å². The van der Waals surface area contributed by atoms with Crippen LogP contribution in [0, 0.1) is 3.57 Å². The molecule has 0 amide bonds. The zero-order chi connectivity index (χ0) is 15.0. The minimum Gasteiger partial charge on any atom is -0.288 e. The van der Waals surface area contributed by atoms with Gasteiger partial charge < -0.3 is 0 Å². The number of benzene rings is 1. The molecule has 0 aliphatic heterocycles. The minimum atomic E-state index is -3.84. The average molecular weight is 434 g/mol. The Hall–Kier alpha value is -1.32. The SMILES string of the molecule is O=S(=O)(Nc1ccccc1I)c1c(Cl)nc2ccccn12. The number of nitrogens with zero attached hydrogens (tertiary/aromatic N) is 2. The summed E-state index contributed by atoms with van der Waals surface area (Å²) in [6.07, 6.45) is 1.61. The molecule has 0 spiro atoms. The molecule has 0 aliphatic carbocycles. The molecule has 0 bridgehead atoms. The number of hydrogen-bond donors (Lipinski definition) is 1. The second kappa shape index (κ2) is 5.47. The van der Waals surface area contributed by atoms with E-state index < -0.39 is 10.0 Å². The highest BCUT2D eigenvalue weighted by molar-refractivity contribution is 14.1. The first-order valence-corrected chi connectivity index (χ1v) is 8.83. The van der Waals surface area contributed by atoms with E-state index in [4.69, 9.17) is 11.6 Å². The van der Waals surface area contributed by atoms with Gasteiger partial charge in [-0.2, -0.15) is 8.42 Å². The van der Waals surface area contributed by atoms with Gasteiger partial charge in [0.15, 0.2) is 10.2 Å². The Morgan fingerprint density at radius 2 is 1.86 bits per heavy atom. The Labute approximate surface area is 140 Å². The van der Waals surface area contributed by atoms with E-state index >= 15 is 0 Å². The largest absolute Gasteiger partial charge is 0.288 e. The van der Waals surface area contributed by atoms with Crippen LogP contribution in [-0.2, 0) is 10.0 Å². The molecule has 3 aromatic rings. The number of hydrogen-bond acceptors (Lipinski definition) is 3. The van der Waals surface area contributed by atoms with E-state index in [1.54, 1.807) is 36.5 Å². The fourth-order valence-corrected chi connectivity index (χ4v) is 4.35. The summed E-state index contributed by atoms with van der Waals surface area (Å²) in [6.45, 7) is 0. The molecular weight excluding hydrogens is 425 g/mol. The van der Waals surface area contributed by atoms with Gasteiger partial charge in [-0.15, -0.1) is 0 Å². The first kappa shape index (κ1) is 14.6. The first-order valence-electron chi connectivity index (χ1n) is 5.89. The standard InChI is InChI=1S/C13H9ClIN3O2S/c14-12-13(18-8-4-3-7-11(18)16-12)21(19,20)17-10-6-2-1-5-9(10)15/h1-8,17H. The molecule has 0 atom stereocenters. The quantitative estimate of drug-likeness (QED) is 0.644. The summed E-state index contributed by atoms with van der Waals surface area (Å²) < 4.78 is 30.0. The van der Waals surface area contributed by atoms with Crippen LogP contribution in [-0.4, -0.2) is 17.8 Å². The van der Waals surface area contributed by atoms with Crippen molar-refractivity contribution in [1.82, 2.24) is 9.38 Å². The van der Waals surface area contributed by atoms with Crippen LogP contribution in [0.15, 0.2) is 53.7 Å². The molecule has 5 nitrogen and oxygen atoms in total. The van der Waals surface area contributed by atoms with E-state index in [9.17, 15) is 8.42 Å². The summed E-state index contributed by atoms with van der Waals surface area (Å²) in [6, 6.07) is 12.3. The van der Waals surface area contributed by atoms with Crippen molar-refractivity contribution in [1.29, 1.82) is 0 Å². The van der Waals surface area contributed by atoms with Crippen LogP contribution < -0.4 is 4.72 Å². The number of imidazole rings is 1. The molecule has 2 aromatic heterocycles. The van der Waals surface area contributed by atoms with E-state index in [1.807, 2.05) is 12.1 Å². The second-order valence-electron chi connectivity index (χ2n) is 4.22. The van der Waals surface area contributed by atoms with Crippen molar-refractivity contribution in [2.24, 2.45) is 0 Å². The van der Waals surface area contributed by atoms with Crippen LogP contribution >= 0.6 is 34.2 Å². The highest BCUT2D eigenvalue weighted by atomic mass is 127. The monoisotopic (exact) mass is 433 g/mol. The van der Waals surface area contributed by atoms with Crippen LogP contribution in [0.2, 0.25) is 5.15 Å². The summed E-state index contributed by atoms with van der Waals surface area (Å²) >= 11 is 8.07. The molecule has 108 valence electrons. The summed E-state index contributed by atoms with van der Waals surface area (Å²) in [4.78, 5) is 4.05. The average Bonchev–Trinajstić information content (AvgIpc) is 2.77. The van der Waals surface area contributed by atoms with Crippen molar-refractivity contribution in [2.75, 3.05) is 4.72 Å². The predicted molar refractivity (Wildman–Crippen MR) is 90.2 cm³/mol. The van der Waals surface area contributed by atoms with Crippen LogP contribution in [0.3, 0.4) is 0 Å². The van der Waals surface area contributed by atoms with Gasteiger partial charge >= 0.3 is 0 Å². The summed E-state index contributed by atoms with van der Waals surface area (Å²) in [5.41, 5.74) is 0.977. The fraction of sp³-hybridized carbons (Fsp3) is 0. The minimum absolute atomic E-state index is 0.0559. The number of halogens is 2. The lowest BCUT2D eigenvalue weighted by molar-refractivity contribution is 0.596. The number of para-hydroxylation sites is 1. The predicted octanol–water partition coefficient (Wildman–Crippen LogP) is 3.39. The summed E-state index contributed by atoms with van der Waals surface area (Å²) in [5.74, 6) is 0. The third-order valence-electron chi connectivity index (χ3n) is 2.82. The van der Waals surface area contributed by atoms with E-state index in [0.29, 0.717) is 11.3 Å². The van der Waals surface area contributed by atoms with Gasteiger partial charge in [0, 0.05) is 9.77 Å². The van der Waals surface area contributed by atoms with E-state index in [2.05, 4.69) is 32.3 Å². The summed E-state index contributed by atoms with van der Waals surface area (Å²) in [7, 11) is -3.84. The molecular formula is C13H9ClIN3O2S. The first-order chi connectivity index (χ1) is 9.99. The van der Waals surface area contributed by atoms with Gasteiger partial charge in [0.25, 0.3) is 10.0 Å². The topological polar surface area (TPSA) is 63.5 Å². The van der Waals surface area contributed by atoms with Crippen LogP contribution in [0.4, 0.5) is 5.69 Å². The highest BCUT2D eigenvalue weighted by Gasteiger charge is 2.24. The molecule has 1 aromatic carbocycles. The van der Waals surface area contributed by atoms with Crippen molar-refractivity contribution in [3.05, 3.63) is 57.4 Å². The number of rotatable bonds is 3. The van der Waals surface area contributed by atoms with Crippen LogP contribution in [0.25, 0.3) is 5.65 Å². The Kier molecular flexibility index (Phi) is 3.80. The Morgan fingerprint density at radius 1 is 1.14 bits per heavy atom. The molecule has 0 unspecified atom stereocenters. The maximum atomic E-state index is 12.6. The van der Waals surface area contributed by atoms with Crippen LogP contribution in [0.5, 0.6) is 0 Å². The van der Waals surface area contributed by atoms with Gasteiger partial charge in [-0.1, -0.05) is 29.8 Å². The molecule has 0 saturated carbocycles. The zero-order valence-electron chi connectivity index (χ0n) is 10.5. The normalized spacial score (nSPS) is 11.7. The number of pyridine rings is 1.